The fourth-order valence-electron chi connectivity index (χ4n) is 2.09. The van der Waals surface area contributed by atoms with E-state index >= 15 is 0 Å². The van der Waals surface area contributed by atoms with E-state index in [1.54, 1.807) is 26.0 Å². The van der Waals surface area contributed by atoms with E-state index in [9.17, 15) is 9.90 Å². The van der Waals surface area contributed by atoms with E-state index in [4.69, 9.17) is 5.11 Å². The van der Waals surface area contributed by atoms with Crippen LogP contribution in [0.4, 0.5) is 0 Å². The van der Waals surface area contributed by atoms with Crippen molar-refractivity contribution in [3.63, 3.8) is 0 Å². The number of hydrogen-bond acceptors (Lipinski definition) is 3. The molecule has 0 aliphatic rings. The number of hydrogen-bond donors (Lipinski definition) is 2. The fraction of sp³-hybridized carbons (Fsp3) is 0.533. The number of carboxylic acid groups (broad SMARTS) is 1. The van der Waals surface area contributed by atoms with Gasteiger partial charge in [0, 0.05) is 13.1 Å². The molecule has 0 unspecified atom stereocenters. The Morgan fingerprint density at radius 2 is 1.84 bits per heavy atom. The molecule has 0 saturated carbocycles. The van der Waals surface area contributed by atoms with Gasteiger partial charge in [-0.25, -0.2) is 4.79 Å². The van der Waals surface area contributed by atoms with Gasteiger partial charge >= 0.3 is 5.97 Å². The minimum atomic E-state index is -0.909. The molecule has 4 heteroatoms. The highest BCUT2D eigenvalue weighted by Crippen LogP contribution is 2.12. The molecule has 4 nitrogen and oxygen atoms in total. The predicted molar refractivity (Wildman–Crippen MR) is 75.3 cm³/mol. The first-order valence-corrected chi connectivity index (χ1v) is 6.59. The molecule has 0 saturated heterocycles. The van der Waals surface area contributed by atoms with E-state index in [0.717, 1.165) is 25.1 Å². The smallest absolute Gasteiger partial charge is 0.335 e. The molecule has 0 aliphatic carbocycles. The molecule has 0 atom stereocenters. The van der Waals surface area contributed by atoms with E-state index in [0.29, 0.717) is 12.1 Å². The molecule has 2 N–H and O–H groups in total. The quantitative estimate of drug-likeness (QED) is 0.794. The number of aromatic carboxylic acids is 1. The summed E-state index contributed by atoms with van der Waals surface area (Å²) < 4.78 is 0. The van der Waals surface area contributed by atoms with Crippen LogP contribution in [0.25, 0.3) is 0 Å². The molecule has 106 valence electrons. The Kier molecular flexibility index (Phi) is 5.51. The largest absolute Gasteiger partial charge is 0.478 e. The Balaban J connectivity index is 2.70. The highest BCUT2D eigenvalue weighted by molar-refractivity contribution is 5.87. The summed E-state index contributed by atoms with van der Waals surface area (Å²) in [4.78, 5) is 13.0. The first kappa shape index (κ1) is 15.7. The van der Waals surface area contributed by atoms with Gasteiger partial charge in [-0.05, 0) is 44.5 Å². The third-order valence-electron chi connectivity index (χ3n) is 2.76. The van der Waals surface area contributed by atoms with Crippen molar-refractivity contribution in [3.8, 4) is 0 Å². The minimum absolute atomic E-state index is 0.299. The van der Waals surface area contributed by atoms with Crippen molar-refractivity contribution in [3.05, 3.63) is 35.4 Å². The van der Waals surface area contributed by atoms with Crippen LogP contribution >= 0.6 is 0 Å². The molecule has 0 amide bonds. The maximum atomic E-state index is 10.8. The highest BCUT2D eigenvalue weighted by atomic mass is 16.4. The SMILES string of the molecule is CCCN(Cc1ccc(C(=O)O)cc1)CC(C)(C)O. The standard InChI is InChI=1S/C15H23NO3/c1-4-9-16(11-15(2,3)19)10-12-5-7-13(8-6-12)14(17)18/h5-8,19H,4,9-11H2,1-3H3,(H,17,18). The van der Waals surface area contributed by atoms with Crippen LogP contribution < -0.4 is 0 Å². The van der Waals surface area contributed by atoms with E-state index < -0.39 is 11.6 Å². The van der Waals surface area contributed by atoms with Crippen LogP contribution in [0.3, 0.4) is 0 Å². The van der Waals surface area contributed by atoms with Gasteiger partial charge in [-0.15, -0.1) is 0 Å². The molecule has 0 spiro atoms. The lowest BCUT2D eigenvalue weighted by molar-refractivity contribution is 0.0335. The number of nitrogens with zero attached hydrogens (tertiary/aromatic N) is 1. The number of benzene rings is 1. The first-order valence-electron chi connectivity index (χ1n) is 6.59. The summed E-state index contributed by atoms with van der Waals surface area (Å²) in [5, 5.41) is 18.7. The Hall–Kier alpha value is -1.39. The molecule has 19 heavy (non-hydrogen) atoms. The highest BCUT2D eigenvalue weighted by Gasteiger charge is 2.17. The van der Waals surface area contributed by atoms with E-state index in [1.807, 2.05) is 12.1 Å². The van der Waals surface area contributed by atoms with Gasteiger partial charge in [-0.1, -0.05) is 19.1 Å². The van der Waals surface area contributed by atoms with Crippen LogP contribution in [-0.2, 0) is 6.54 Å². The Bertz CT molecular complexity index is 406. The third kappa shape index (κ3) is 5.85. The predicted octanol–water partition coefficient (Wildman–Crippen LogP) is 2.37. The molecule has 0 heterocycles. The van der Waals surface area contributed by atoms with E-state index in [1.165, 1.54) is 0 Å². The zero-order valence-corrected chi connectivity index (χ0v) is 11.9. The van der Waals surface area contributed by atoms with Crippen LogP contribution in [0, 0.1) is 0 Å². The molecule has 1 aromatic rings. The monoisotopic (exact) mass is 265 g/mol. The van der Waals surface area contributed by atoms with Crippen LogP contribution in [0.1, 0.15) is 43.1 Å². The molecule has 0 aliphatic heterocycles. The van der Waals surface area contributed by atoms with Gasteiger partial charge in [0.05, 0.1) is 11.2 Å². The second kappa shape index (κ2) is 6.68. The lowest BCUT2D eigenvalue weighted by Crippen LogP contribution is -2.38. The van der Waals surface area contributed by atoms with Crippen LogP contribution in [0.2, 0.25) is 0 Å². The number of rotatable bonds is 7. The maximum absolute atomic E-state index is 10.8. The van der Waals surface area contributed by atoms with Crippen molar-refractivity contribution >= 4 is 5.97 Å². The van der Waals surface area contributed by atoms with Crippen molar-refractivity contribution in [1.82, 2.24) is 4.90 Å². The second-order valence-electron chi connectivity index (χ2n) is 5.53. The molecule has 0 radical (unpaired) electrons. The van der Waals surface area contributed by atoms with Gasteiger partial charge in [0.2, 0.25) is 0 Å². The summed E-state index contributed by atoms with van der Waals surface area (Å²) in [6, 6.07) is 6.89. The van der Waals surface area contributed by atoms with Gasteiger partial charge in [0.25, 0.3) is 0 Å². The lowest BCUT2D eigenvalue weighted by Gasteiger charge is -2.28. The average molecular weight is 265 g/mol. The van der Waals surface area contributed by atoms with Gasteiger partial charge in [0.1, 0.15) is 0 Å². The van der Waals surface area contributed by atoms with Crippen LogP contribution in [0.15, 0.2) is 24.3 Å². The topological polar surface area (TPSA) is 60.8 Å². The summed E-state index contributed by atoms with van der Waals surface area (Å²) in [6.07, 6.45) is 1.02. The number of carbonyl (C=O) groups is 1. The van der Waals surface area contributed by atoms with Crippen molar-refractivity contribution in [2.24, 2.45) is 0 Å². The van der Waals surface area contributed by atoms with Gasteiger partial charge in [-0.3, -0.25) is 4.90 Å². The molecular formula is C15H23NO3. The van der Waals surface area contributed by atoms with Gasteiger partial charge in [-0.2, -0.15) is 0 Å². The van der Waals surface area contributed by atoms with Crippen molar-refractivity contribution < 1.29 is 15.0 Å². The van der Waals surface area contributed by atoms with Crippen LogP contribution in [-0.4, -0.2) is 39.8 Å². The van der Waals surface area contributed by atoms with Gasteiger partial charge in [0.15, 0.2) is 0 Å². The number of carboxylic acids is 1. The molecule has 0 bridgehead atoms. The van der Waals surface area contributed by atoms with Crippen molar-refractivity contribution in [1.29, 1.82) is 0 Å². The van der Waals surface area contributed by atoms with Crippen LogP contribution in [0.5, 0.6) is 0 Å². The zero-order chi connectivity index (χ0) is 14.5. The summed E-state index contributed by atoms with van der Waals surface area (Å²) >= 11 is 0. The molecular weight excluding hydrogens is 242 g/mol. The van der Waals surface area contributed by atoms with E-state index in [-0.39, 0.29) is 0 Å². The first-order chi connectivity index (χ1) is 8.81. The third-order valence-corrected chi connectivity index (χ3v) is 2.76. The summed E-state index contributed by atoms with van der Waals surface area (Å²) in [6.45, 7) is 7.92. The normalized spacial score (nSPS) is 11.8. The summed E-state index contributed by atoms with van der Waals surface area (Å²) in [5.41, 5.74) is 0.631. The van der Waals surface area contributed by atoms with E-state index in [2.05, 4.69) is 11.8 Å². The summed E-state index contributed by atoms with van der Waals surface area (Å²) in [5.74, 6) is -0.909. The lowest BCUT2D eigenvalue weighted by atomic mass is 10.1. The Morgan fingerprint density at radius 3 is 2.26 bits per heavy atom. The van der Waals surface area contributed by atoms with Crippen molar-refractivity contribution in [2.45, 2.75) is 39.3 Å². The molecule has 1 rings (SSSR count). The Morgan fingerprint density at radius 1 is 1.26 bits per heavy atom. The van der Waals surface area contributed by atoms with Gasteiger partial charge < -0.3 is 10.2 Å². The molecule has 0 fully saturated rings. The second-order valence-corrected chi connectivity index (χ2v) is 5.53. The fourth-order valence-corrected chi connectivity index (χ4v) is 2.09. The summed E-state index contributed by atoms with van der Waals surface area (Å²) in [7, 11) is 0. The zero-order valence-electron chi connectivity index (χ0n) is 11.9. The molecule has 0 aromatic heterocycles. The Labute approximate surface area is 114 Å². The van der Waals surface area contributed by atoms with Crippen molar-refractivity contribution in [2.75, 3.05) is 13.1 Å². The number of aliphatic hydroxyl groups is 1. The maximum Gasteiger partial charge on any atom is 0.335 e. The average Bonchev–Trinajstić information content (AvgIpc) is 2.27. The minimum Gasteiger partial charge on any atom is -0.478 e. The molecule has 1 aromatic carbocycles.